The number of halogens is 1. The summed E-state index contributed by atoms with van der Waals surface area (Å²) in [4.78, 5) is 4.08. The predicted molar refractivity (Wildman–Crippen MR) is 97.2 cm³/mol. The molecular formula is C16H19BrN2O2S2. The van der Waals surface area contributed by atoms with Gasteiger partial charge in [0.1, 0.15) is 0 Å². The van der Waals surface area contributed by atoms with Crippen molar-refractivity contribution in [3.63, 3.8) is 0 Å². The van der Waals surface area contributed by atoms with E-state index in [1.807, 2.05) is 17.4 Å². The number of fused-ring (bicyclic) bond motifs is 1. The van der Waals surface area contributed by atoms with E-state index in [0.717, 1.165) is 24.0 Å². The molecule has 23 heavy (non-hydrogen) atoms. The van der Waals surface area contributed by atoms with Gasteiger partial charge in [-0.05, 0) is 48.6 Å². The van der Waals surface area contributed by atoms with Crippen molar-refractivity contribution in [1.29, 1.82) is 0 Å². The fourth-order valence-corrected chi connectivity index (χ4v) is 5.33. The van der Waals surface area contributed by atoms with E-state index in [1.54, 1.807) is 18.2 Å². The maximum atomic E-state index is 12.4. The van der Waals surface area contributed by atoms with E-state index in [0.29, 0.717) is 6.54 Å². The molecule has 1 aromatic heterocycles. The van der Waals surface area contributed by atoms with E-state index in [4.69, 9.17) is 0 Å². The Hall–Kier alpha value is -0.730. The zero-order valence-electron chi connectivity index (χ0n) is 12.8. The smallest absolute Gasteiger partial charge is 0.240 e. The van der Waals surface area contributed by atoms with Crippen molar-refractivity contribution >= 4 is 37.3 Å². The Labute approximate surface area is 149 Å². The molecule has 0 bridgehead atoms. The van der Waals surface area contributed by atoms with Crippen LogP contribution >= 0.6 is 27.3 Å². The van der Waals surface area contributed by atoms with Crippen LogP contribution in [0.2, 0.25) is 0 Å². The van der Waals surface area contributed by atoms with E-state index in [-0.39, 0.29) is 10.9 Å². The highest BCUT2D eigenvalue weighted by Crippen LogP contribution is 2.25. The van der Waals surface area contributed by atoms with E-state index in [9.17, 15) is 8.42 Å². The van der Waals surface area contributed by atoms with E-state index < -0.39 is 10.0 Å². The average molecular weight is 415 g/mol. The molecule has 0 unspecified atom stereocenters. The van der Waals surface area contributed by atoms with Crippen molar-refractivity contribution < 1.29 is 8.42 Å². The van der Waals surface area contributed by atoms with Gasteiger partial charge in [-0.3, -0.25) is 4.90 Å². The Balaban J connectivity index is 1.62. The molecule has 4 nitrogen and oxygen atoms in total. The van der Waals surface area contributed by atoms with Crippen LogP contribution < -0.4 is 4.72 Å². The first-order valence-corrected chi connectivity index (χ1v) is 10.7. The highest BCUT2D eigenvalue weighted by molar-refractivity contribution is 9.10. The topological polar surface area (TPSA) is 49.4 Å². The Kier molecular flexibility index (Phi) is 5.22. The molecule has 0 aliphatic carbocycles. The molecule has 0 fully saturated rings. The molecule has 1 aromatic carbocycles. The summed E-state index contributed by atoms with van der Waals surface area (Å²) in [6.07, 6.45) is 1.05. The second-order valence-corrected chi connectivity index (χ2v) is 9.43. The van der Waals surface area contributed by atoms with Crippen LogP contribution in [0.4, 0.5) is 0 Å². The SMILES string of the molecule is C[C@H](CNS(=O)(=O)c1cccc(Br)c1)N1CCc2sccc2C1. The highest BCUT2D eigenvalue weighted by atomic mass is 79.9. The van der Waals surface area contributed by atoms with Crippen LogP contribution in [0.3, 0.4) is 0 Å². The lowest BCUT2D eigenvalue weighted by molar-refractivity contribution is 0.193. The molecule has 0 amide bonds. The molecule has 0 spiro atoms. The molecule has 1 aliphatic heterocycles. The number of nitrogens with one attached hydrogen (secondary N) is 1. The summed E-state index contributed by atoms with van der Waals surface area (Å²) in [5.41, 5.74) is 1.38. The van der Waals surface area contributed by atoms with Gasteiger partial charge in [-0.25, -0.2) is 13.1 Å². The third-order valence-corrected chi connectivity index (χ3v) is 7.07. The summed E-state index contributed by atoms with van der Waals surface area (Å²) in [5, 5.41) is 2.13. The highest BCUT2D eigenvalue weighted by Gasteiger charge is 2.23. The van der Waals surface area contributed by atoms with E-state index >= 15 is 0 Å². The number of hydrogen-bond donors (Lipinski definition) is 1. The Bertz CT molecular complexity index is 789. The van der Waals surface area contributed by atoms with Gasteiger partial charge in [0.25, 0.3) is 0 Å². The van der Waals surface area contributed by atoms with Gasteiger partial charge in [0.05, 0.1) is 4.90 Å². The third kappa shape index (κ3) is 4.03. The van der Waals surface area contributed by atoms with Gasteiger partial charge in [-0.15, -0.1) is 11.3 Å². The Morgan fingerprint density at radius 1 is 1.39 bits per heavy atom. The first kappa shape index (κ1) is 17.1. The molecule has 7 heteroatoms. The van der Waals surface area contributed by atoms with Crippen molar-refractivity contribution in [3.05, 3.63) is 50.6 Å². The molecule has 1 atom stereocenters. The van der Waals surface area contributed by atoms with Gasteiger partial charge in [0.15, 0.2) is 0 Å². The van der Waals surface area contributed by atoms with Crippen molar-refractivity contribution in [2.45, 2.75) is 30.8 Å². The predicted octanol–water partition coefficient (Wildman–Crippen LogP) is 3.24. The standard InChI is InChI=1S/C16H19BrN2O2S2/c1-12(19-7-5-16-13(11-19)6-8-22-16)10-18-23(20,21)15-4-2-3-14(17)9-15/h2-4,6,8-9,12,18H,5,7,10-11H2,1H3/t12-/m1/s1. The number of rotatable bonds is 5. The minimum Gasteiger partial charge on any atom is -0.295 e. The molecule has 1 N–H and O–H groups in total. The summed E-state index contributed by atoms with van der Waals surface area (Å²) in [6, 6.07) is 9.09. The second kappa shape index (κ2) is 7.03. The molecule has 1 aliphatic rings. The normalized spacial score (nSPS) is 17.0. The lowest BCUT2D eigenvalue weighted by Gasteiger charge is -2.32. The molecule has 0 saturated carbocycles. The van der Waals surface area contributed by atoms with Gasteiger partial charge in [-0.2, -0.15) is 0 Å². The van der Waals surface area contributed by atoms with Crippen molar-refractivity contribution in [1.82, 2.24) is 9.62 Å². The molecule has 0 radical (unpaired) electrons. The van der Waals surface area contributed by atoms with E-state index in [2.05, 4.69) is 43.9 Å². The lowest BCUT2D eigenvalue weighted by atomic mass is 10.1. The molecule has 3 rings (SSSR count). The first-order chi connectivity index (χ1) is 11.0. The zero-order chi connectivity index (χ0) is 16.4. The number of nitrogens with zero attached hydrogens (tertiary/aromatic N) is 1. The average Bonchev–Trinajstić information content (AvgIpc) is 3.00. The summed E-state index contributed by atoms with van der Waals surface area (Å²) in [6.45, 7) is 4.36. The van der Waals surface area contributed by atoms with Crippen LogP contribution in [0, 0.1) is 0 Å². The maximum absolute atomic E-state index is 12.4. The summed E-state index contributed by atoms with van der Waals surface area (Å²) < 4.78 is 28.2. The van der Waals surface area contributed by atoms with Crippen LogP contribution in [0.25, 0.3) is 0 Å². The fraction of sp³-hybridized carbons (Fsp3) is 0.375. The van der Waals surface area contributed by atoms with Crippen molar-refractivity contribution in [3.8, 4) is 0 Å². The largest absolute Gasteiger partial charge is 0.295 e. The van der Waals surface area contributed by atoms with Crippen LogP contribution in [0.1, 0.15) is 17.4 Å². The Morgan fingerprint density at radius 3 is 3.00 bits per heavy atom. The maximum Gasteiger partial charge on any atom is 0.240 e. The molecule has 124 valence electrons. The summed E-state index contributed by atoms with van der Waals surface area (Å²) >= 11 is 5.12. The molecule has 2 heterocycles. The third-order valence-electron chi connectivity index (χ3n) is 4.14. The second-order valence-electron chi connectivity index (χ2n) is 5.75. The van der Waals surface area contributed by atoms with Gasteiger partial charge >= 0.3 is 0 Å². The first-order valence-electron chi connectivity index (χ1n) is 7.50. The molecule has 2 aromatic rings. The van der Waals surface area contributed by atoms with Crippen LogP contribution in [0.5, 0.6) is 0 Å². The van der Waals surface area contributed by atoms with Crippen LogP contribution in [-0.2, 0) is 23.0 Å². The lowest BCUT2D eigenvalue weighted by Crippen LogP contribution is -2.44. The summed E-state index contributed by atoms with van der Waals surface area (Å²) in [7, 11) is -3.47. The molecule has 0 saturated heterocycles. The van der Waals surface area contributed by atoms with Crippen molar-refractivity contribution in [2.24, 2.45) is 0 Å². The fourth-order valence-electron chi connectivity index (χ4n) is 2.72. The molecular weight excluding hydrogens is 396 g/mol. The van der Waals surface area contributed by atoms with Crippen LogP contribution in [-0.4, -0.2) is 32.4 Å². The van der Waals surface area contributed by atoms with Gasteiger partial charge < -0.3 is 0 Å². The quantitative estimate of drug-likeness (QED) is 0.816. The Morgan fingerprint density at radius 2 is 2.22 bits per heavy atom. The monoisotopic (exact) mass is 414 g/mol. The van der Waals surface area contributed by atoms with Crippen LogP contribution in [0.15, 0.2) is 45.1 Å². The van der Waals surface area contributed by atoms with Gasteiger partial charge in [0, 0.05) is 35.0 Å². The van der Waals surface area contributed by atoms with Gasteiger partial charge in [0.2, 0.25) is 10.0 Å². The number of thiophene rings is 1. The van der Waals surface area contributed by atoms with E-state index in [1.165, 1.54) is 10.4 Å². The number of hydrogen-bond acceptors (Lipinski definition) is 4. The minimum absolute atomic E-state index is 0.157. The van der Waals surface area contributed by atoms with Gasteiger partial charge in [-0.1, -0.05) is 22.0 Å². The van der Waals surface area contributed by atoms with Crippen molar-refractivity contribution in [2.75, 3.05) is 13.1 Å². The zero-order valence-corrected chi connectivity index (χ0v) is 16.0. The minimum atomic E-state index is -3.47. The number of benzene rings is 1. The number of sulfonamides is 1. The summed E-state index contributed by atoms with van der Waals surface area (Å²) in [5.74, 6) is 0.